The van der Waals surface area contributed by atoms with Crippen molar-refractivity contribution in [1.29, 1.82) is 0 Å². The molecule has 1 rings (SSSR count). The third-order valence-corrected chi connectivity index (χ3v) is 3.14. The molecule has 3 nitrogen and oxygen atoms in total. The average molecular weight is 314 g/mol. The molecule has 0 aliphatic heterocycles. The molecule has 0 aliphatic carbocycles. The summed E-state index contributed by atoms with van der Waals surface area (Å²) in [4.78, 5) is 13.5. The largest absolute Gasteiger partial charge is 0.444 e. The SMILES string of the molecule is C[C@H](c1ccc(Br)cc1)N(C)C(=O)OC(C)(C)C. The highest BCUT2D eigenvalue weighted by atomic mass is 79.9. The molecule has 0 bridgehead atoms. The van der Waals surface area contributed by atoms with Crippen LogP contribution in [-0.4, -0.2) is 23.6 Å². The molecular weight excluding hydrogens is 294 g/mol. The van der Waals surface area contributed by atoms with Crippen LogP contribution in [0.25, 0.3) is 0 Å². The lowest BCUT2D eigenvalue weighted by molar-refractivity contribution is 0.0234. The predicted octanol–water partition coefficient (Wildman–Crippen LogP) is 4.38. The maximum Gasteiger partial charge on any atom is 0.410 e. The molecule has 0 unspecified atom stereocenters. The van der Waals surface area contributed by atoms with Crippen LogP contribution in [0.3, 0.4) is 0 Å². The van der Waals surface area contributed by atoms with E-state index in [1.165, 1.54) is 0 Å². The smallest absolute Gasteiger partial charge is 0.410 e. The quantitative estimate of drug-likeness (QED) is 0.811. The fourth-order valence-electron chi connectivity index (χ4n) is 1.46. The molecule has 0 saturated heterocycles. The molecule has 0 spiro atoms. The molecular formula is C14H20BrNO2. The van der Waals surface area contributed by atoms with E-state index in [1.54, 1.807) is 11.9 Å². The molecule has 0 fully saturated rings. The number of benzene rings is 1. The van der Waals surface area contributed by atoms with Crippen molar-refractivity contribution >= 4 is 22.0 Å². The van der Waals surface area contributed by atoms with Gasteiger partial charge in [-0.25, -0.2) is 4.79 Å². The molecule has 0 aliphatic rings. The summed E-state index contributed by atoms with van der Waals surface area (Å²) in [5, 5.41) is 0. The van der Waals surface area contributed by atoms with Gasteiger partial charge in [0, 0.05) is 11.5 Å². The number of rotatable bonds is 2. The van der Waals surface area contributed by atoms with Gasteiger partial charge in [-0.15, -0.1) is 0 Å². The Hall–Kier alpha value is -1.03. The lowest BCUT2D eigenvalue weighted by atomic mass is 10.1. The molecule has 0 heterocycles. The number of amides is 1. The Morgan fingerprint density at radius 3 is 2.22 bits per heavy atom. The first-order valence-corrected chi connectivity index (χ1v) is 6.71. The van der Waals surface area contributed by atoms with Gasteiger partial charge in [-0.3, -0.25) is 0 Å². The van der Waals surface area contributed by atoms with Crippen molar-refractivity contribution < 1.29 is 9.53 Å². The minimum atomic E-state index is -0.467. The Bertz CT molecular complexity index is 409. The van der Waals surface area contributed by atoms with Crippen LogP contribution in [0.1, 0.15) is 39.3 Å². The zero-order valence-corrected chi connectivity index (χ0v) is 13.1. The predicted molar refractivity (Wildman–Crippen MR) is 76.6 cm³/mol. The Balaban J connectivity index is 2.74. The summed E-state index contributed by atoms with van der Waals surface area (Å²) in [7, 11) is 1.75. The van der Waals surface area contributed by atoms with E-state index in [4.69, 9.17) is 4.74 Å². The number of hydrogen-bond acceptors (Lipinski definition) is 2. The van der Waals surface area contributed by atoms with E-state index >= 15 is 0 Å². The van der Waals surface area contributed by atoms with Crippen molar-refractivity contribution in [3.05, 3.63) is 34.3 Å². The number of ether oxygens (including phenoxy) is 1. The Morgan fingerprint density at radius 2 is 1.78 bits per heavy atom. The first-order valence-electron chi connectivity index (χ1n) is 5.92. The first-order chi connectivity index (χ1) is 8.20. The molecule has 1 amide bonds. The number of hydrogen-bond donors (Lipinski definition) is 0. The van der Waals surface area contributed by atoms with Crippen molar-refractivity contribution in [2.24, 2.45) is 0 Å². The molecule has 18 heavy (non-hydrogen) atoms. The van der Waals surface area contributed by atoms with Crippen LogP contribution in [0.4, 0.5) is 4.79 Å². The molecule has 0 aromatic heterocycles. The van der Waals surface area contributed by atoms with E-state index in [0.717, 1.165) is 10.0 Å². The Labute approximate surface area is 117 Å². The van der Waals surface area contributed by atoms with Crippen LogP contribution in [0.5, 0.6) is 0 Å². The van der Waals surface area contributed by atoms with E-state index in [1.807, 2.05) is 52.0 Å². The van der Waals surface area contributed by atoms with Gasteiger partial charge >= 0.3 is 6.09 Å². The van der Waals surface area contributed by atoms with Crippen molar-refractivity contribution in [3.8, 4) is 0 Å². The van der Waals surface area contributed by atoms with Gasteiger partial charge in [0.25, 0.3) is 0 Å². The molecule has 4 heteroatoms. The van der Waals surface area contributed by atoms with Crippen LogP contribution in [0.2, 0.25) is 0 Å². The zero-order chi connectivity index (χ0) is 13.9. The summed E-state index contributed by atoms with van der Waals surface area (Å²) in [6.07, 6.45) is -0.307. The van der Waals surface area contributed by atoms with Gasteiger partial charge in [-0.1, -0.05) is 28.1 Å². The number of carbonyl (C=O) groups excluding carboxylic acids is 1. The second-order valence-electron chi connectivity index (χ2n) is 5.32. The summed E-state index contributed by atoms with van der Waals surface area (Å²) >= 11 is 3.40. The van der Waals surface area contributed by atoms with Gasteiger partial charge in [0.05, 0.1) is 6.04 Å². The number of carbonyl (C=O) groups is 1. The second kappa shape index (κ2) is 5.74. The Kier molecular flexibility index (Phi) is 4.79. The van der Waals surface area contributed by atoms with Gasteiger partial charge in [0.1, 0.15) is 5.60 Å². The maximum absolute atomic E-state index is 11.9. The highest BCUT2D eigenvalue weighted by Gasteiger charge is 2.23. The van der Waals surface area contributed by atoms with Crippen LogP contribution >= 0.6 is 15.9 Å². The first kappa shape index (κ1) is 15.0. The maximum atomic E-state index is 11.9. The molecule has 1 aromatic carbocycles. The van der Waals surface area contributed by atoms with Gasteiger partial charge in [-0.2, -0.15) is 0 Å². The third kappa shape index (κ3) is 4.33. The molecule has 0 radical (unpaired) electrons. The van der Waals surface area contributed by atoms with Crippen molar-refractivity contribution in [1.82, 2.24) is 4.90 Å². The molecule has 1 aromatic rings. The van der Waals surface area contributed by atoms with Gasteiger partial charge in [-0.05, 0) is 45.4 Å². The lowest BCUT2D eigenvalue weighted by Gasteiger charge is -2.29. The lowest BCUT2D eigenvalue weighted by Crippen LogP contribution is -2.35. The molecule has 100 valence electrons. The highest BCUT2D eigenvalue weighted by molar-refractivity contribution is 9.10. The van der Waals surface area contributed by atoms with E-state index < -0.39 is 5.60 Å². The van der Waals surface area contributed by atoms with Crippen molar-refractivity contribution in [2.75, 3.05) is 7.05 Å². The topological polar surface area (TPSA) is 29.5 Å². The van der Waals surface area contributed by atoms with Crippen LogP contribution in [0.15, 0.2) is 28.7 Å². The van der Waals surface area contributed by atoms with Gasteiger partial charge < -0.3 is 9.64 Å². The van der Waals surface area contributed by atoms with Crippen molar-refractivity contribution in [3.63, 3.8) is 0 Å². The minimum Gasteiger partial charge on any atom is -0.444 e. The summed E-state index contributed by atoms with van der Waals surface area (Å²) < 4.78 is 6.37. The average Bonchev–Trinajstić information content (AvgIpc) is 2.26. The summed E-state index contributed by atoms with van der Waals surface area (Å²) in [6.45, 7) is 7.57. The van der Waals surface area contributed by atoms with Crippen molar-refractivity contribution in [2.45, 2.75) is 39.3 Å². The monoisotopic (exact) mass is 313 g/mol. The minimum absolute atomic E-state index is 0.0204. The van der Waals surface area contributed by atoms with Crippen LogP contribution in [-0.2, 0) is 4.74 Å². The van der Waals surface area contributed by atoms with Crippen LogP contribution in [0, 0.1) is 0 Å². The molecule has 0 N–H and O–H groups in total. The van der Waals surface area contributed by atoms with Gasteiger partial charge in [0.2, 0.25) is 0 Å². The van der Waals surface area contributed by atoms with E-state index in [9.17, 15) is 4.79 Å². The standard InChI is InChI=1S/C14H20BrNO2/c1-10(11-6-8-12(15)9-7-11)16(5)13(17)18-14(2,3)4/h6-10H,1-5H3/t10-/m1/s1. The van der Waals surface area contributed by atoms with Gasteiger partial charge in [0.15, 0.2) is 0 Å². The number of halogens is 1. The normalized spacial score (nSPS) is 13.0. The molecule has 1 atom stereocenters. The summed E-state index contributed by atoms with van der Waals surface area (Å²) in [6, 6.07) is 7.90. The number of nitrogens with zero attached hydrogens (tertiary/aromatic N) is 1. The fourth-order valence-corrected chi connectivity index (χ4v) is 1.72. The Morgan fingerprint density at radius 1 is 1.28 bits per heavy atom. The van der Waals surface area contributed by atoms with E-state index in [0.29, 0.717) is 0 Å². The van der Waals surface area contributed by atoms with E-state index in [-0.39, 0.29) is 12.1 Å². The summed E-state index contributed by atoms with van der Waals surface area (Å²) in [5.74, 6) is 0. The highest BCUT2D eigenvalue weighted by Crippen LogP contribution is 2.22. The summed E-state index contributed by atoms with van der Waals surface area (Å²) in [5.41, 5.74) is 0.608. The van der Waals surface area contributed by atoms with Crippen LogP contribution < -0.4 is 0 Å². The molecule has 0 saturated carbocycles. The third-order valence-electron chi connectivity index (χ3n) is 2.61. The fraction of sp³-hybridized carbons (Fsp3) is 0.500. The van der Waals surface area contributed by atoms with E-state index in [2.05, 4.69) is 15.9 Å². The zero-order valence-electron chi connectivity index (χ0n) is 11.5. The second-order valence-corrected chi connectivity index (χ2v) is 6.23.